The number of rotatable bonds is 4. The topological polar surface area (TPSA) is 52.3 Å². The van der Waals surface area contributed by atoms with E-state index in [-0.39, 0.29) is 5.78 Å². The van der Waals surface area contributed by atoms with Gasteiger partial charge >= 0.3 is 0 Å². The van der Waals surface area contributed by atoms with Crippen LogP contribution in [0.2, 0.25) is 0 Å². The molecular weight excluding hydrogens is 250 g/mol. The highest BCUT2D eigenvalue weighted by Crippen LogP contribution is 2.19. The van der Waals surface area contributed by atoms with Gasteiger partial charge < -0.3 is 10.5 Å². The number of nitrogen functional groups attached to an aromatic ring is 1. The van der Waals surface area contributed by atoms with Crippen LogP contribution < -0.4 is 10.5 Å². The summed E-state index contributed by atoms with van der Waals surface area (Å²) in [7, 11) is 0. The lowest BCUT2D eigenvalue weighted by molar-refractivity contribution is 0.0817. The summed E-state index contributed by atoms with van der Waals surface area (Å²) in [6, 6.07) is 12.9. The molecular formula is C17H19NO2. The van der Waals surface area contributed by atoms with E-state index >= 15 is 0 Å². The Morgan fingerprint density at radius 3 is 2.60 bits per heavy atom. The second-order valence-corrected chi connectivity index (χ2v) is 5.02. The quantitative estimate of drug-likeness (QED) is 0.682. The fourth-order valence-corrected chi connectivity index (χ4v) is 2.07. The van der Waals surface area contributed by atoms with Gasteiger partial charge in [0, 0.05) is 17.3 Å². The third-order valence-corrected chi connectivity index (χ3v) is 3.20. The van der Waals surface area contributed by atoms with E-state index in [1.54, 1.807) is 31.2 Å². The zero-order chi connectivity index (χ0) is 14.7. The number of carbonyl (C=O) groups is 1. The number of benzene rings is 2. The first kappa shape index (κ1) is 14.1. The number of ketones is 1. The van der Waals surface area contributed by atoms with Crippen LogP contribution in [-0.4, -0.2) is 11.9 Å². The summed E-state index contributed by atoms with van der Waals surface area (Å²) < 4.78 is 5.68. The van der Waals surface area contributed by atoms with Crippen LogP contribution in [0.15, 0.2) is 42.5 Å². The van der Waals surface area contributed by atoms with Crippen molar-refractivity contribution in [2.24, 2.45) is 0 Å². The fraction of sp³-hybridized carbons (Fsp3) is 0.235. The monoisotopic (exact) mass is 269 g/mol. The molecule has 0 amide bonds. The van der Waals surface area contributed by atoms with E-state index in [1.807, 2.05) is 32.0 Å². The predicted molar refractivity (Wildman–Crippen MR) is 81.2 cm³/mol. The number of ether oxygens (including phenoxy) is 1. The second-order valence-electron chi connectivity index (χ2n) is 5.02. The molecule has 1 unspecified atom stereocenters. The van der Waals surface area contributed by atoms with Crippen molar-refractivity contribution in [2.75, 3.05) is 5.73 Å². The summed E-state index contributed by atoms with van der Waals surface area (Å²) in [5.74, 6) is 0.588. The SMILES string of the molecule is Cc1ccc(C)c(C(=O)C(C)Oc2cccc(N)c2)c1. The van der Waals surface area contributed by atoms with Crippen molar-refractivity contribution >= 4 is 11.5 Å². The number of hydrogen-bond donors (Lipinski definition) is 1. The molecule has 0 heterocycles. The highest BCUT2D eigenvalue weighted by molar-refractivity contribution is 6.00. The number of anilines is 1. The molecule has 0 aliphatic rings. The molecule has 20 heavy (non-hydrogen) atoms. The maximum atomic E-state index is 12.5. The number of nitrogens with two attached hydrogens (primary N) is 1. The van der Waals surface area contributed by atoms with Crippen molar-refractivity contribution in [3.05, 3.63) is 59.2 Å². The molecule has 0 fully saturated rings. The van der Waals surface area contributed by atoms with Gasteiger partial charge in [-0.05, 0) is 44.5 Å². The van der Waals surface area contributed by atoms with Crippen molar-refractivity contribution in [1.29, 1.82) is 0 Å². The van der Waals surface area contributed by atoms with Crippen LogP contribution in [0.25, 0.3) is 0 Å². The van der Waals surface area contributed by atoms with Crippen LogP contribution in [0.3, 0.4) is 0 Å². The van der Waals surface area contributed by atoms with Gasteiger partial charge in [-0.25, -0.2) is 0 Å². The third-order valence-electron chi connectivity index (χ3n) is 3.20. The summed E-state index contributed by atoms with van der Waals surface area (Å²) in [6.07, 6.45) is -0.544. The van der Waals surface area contributed by atoms with Crippen molar-refractivity contribution in [3.63, 3.8) is 0 Å². The van der Waals surface area contributed by atoms with Gasteiger partial charge in [0.05, 0.1) is 0 Å². The van der Waals surface area contributed by atoms with Crippen LogP contribution >= 0.6 is 0 Å². The van der Waals surface area contributed by atoms with Gasteiger partial charge in [0.15, 0.2) is 6.10 Å². The van der Waals surface area contributed by atoms with Crippen molar-refractivity contribution in [2.45, 2.75) is 26.9 Å². The Kier molecular flexibility index (Phi) is 4.08. The number of carbonyl (C=O) groups excluding carboxylic acids is 1. The Hall–Kier alpha value is -2.29. The highest BCUT2D eigenvalue weighted by Gasteiger charge is 2.18. The Bertz CT molecular complexity index is 635. The molecule has 2 N–H and O–H groups in total. The Morgan fingerprint density at radius 2 is 1.90 bits per heavy atom. The molecule has 0 spiro atoms. The molecule has 3 nitrogen and oxygen atoms in total. The van der Waals surface area contributed by atoms with E-state index in [4.69, 9.17) is 10.5 Å². The van der Waals surface area contributed by atoms with Gasteiger partial charge in [0.1, 0.15) is 5.75 Å². The first-order valence-electron chi connectivity index (χ1n) is 6.61. The first-order chi connectivity index (χ1) is 9.47. The lowest BCUT2D eigenvalue weighted by atomic mass is 9.99. The smallest absolute Gasteiger partial charge is 0.203 e. The van der Waals surface area contributed by atoms with Gasteiger partial charge in [0.2, 0.25) is 5.78 Å². The van der Waals surface area contributed by atoms with E-state index in [1.165, 1.54) is 0 Å². The van der Waals surface area contributed by atoms with Gasteiger partial charge in [-0.3, -0.25) is 4.79 Å². The van der Waals surface area contributed by atoms with E-state index in [9.17, 15) is 4.79 Å². The maximum absolute atomic E-state index is 12.5. The molecule has 0 saturated carbocycles. The molecule has 0 aliphatic heterocycles. The molecule has 0 radical (unpaired) electrons. The minimum Gasteiger partial charge on any atom is -0.482 e. The van der Waals surface area contributed by atoms with Gasteiger partial charge in [-0.15, -0.1) is 0 Å². The van der Waals surface area contributed by atoms with Gasteiger partial charge in [-0.1, -0.05) is 23.8 Å². The van der Waals surface area contributed by atoms with Crippen LogP contribution in [0.5, 0.6) is 5.75 Å². The summed E-state index contributed by atoms with van der Waals surface area (Å²) in [5.41, 5.74) is 9.06. The highest BCUT2D eigenvalue weighted by atomic mass is 16.5. The van der Waals surface area contributed by atoms with E-state index in [0.717, 1.165) is 11.1 Å². The molecule has 2 rings (SSSR count). The lowest BCUT2D eigenvalue weighted by Gasteiger charge is -2.15. The van der Waals surface area contributed by atoms with E-state index < -0.39 is 6.10 Å². The Morgan fingerprint density at radius 1 is 1.15 bits per heavy atom. The predicted octanol–water partition coefficient (Wildman–Crippen LogP) is 3.54. The van der Waals surface area contributed by atoms with Crippen LogP contribution in [0, 0.1) is 13.8 Å². The lowest BCUT2D eigenvalue weighted by Crippen LogP contribution is -2.24. The summed E-state index contributed by atoms with van der Waals surface area (Å²) >= 11 is 0. The minimum absolute atomic E-state index is 0.0198. The van der Waals surface area contributed by atoms with Gasteiger partial charge in [0.25, 0.3) is 0 Å². The molecule has 2 aromatic rings. The zero-order valence-electron chi connectivity index (χ0n) is 12.0. The first-order valence-corrected chi connectivity index (χ1v) is 6.61. The van der Waals surface area contributed by atoms with Crippen LogP contribution in [0.4, 0.5) is 5.69 Å². The maximum Gasteiger partial charge on any atom is 0.203 e. The van der Waals surface area contributed by atoms with Gasteiger partial charge in [-0.2, -0.15) is 0 Å². The summed E-state index contributed by atoms with van der Waals surface area (Å²) in [5, 5.41) is 0. The van der Waals surface area contributed by atoms with Crippen molar-refractivity contribution in [3.8, 4) is 5.75 Å². The molecule has 2 aromatic carbocycles. The minimum atomic E-state index is -0.544. The number of aryl methyl sites for hydroxylation is 2. The molecule has 0 aromatic heterocycles. The standard InChI is InChI=1S/C17H19NO2/c1-11-7-8-12(2)16(9-11)17(19)13(3)20-15-6-4-5-14(18)10-15/h4-10,13H,18H2,1-3H3. The van der Waals surface area contributed by atoms with Crippen LogP contribution in [-0.2, 0) is 0 Å². The Balaban J connectivity index is 2.18. The largest absolute Gasteiger partial charge is 0.482 e. The van der Waals surface area contributed by atoms with E-state index in [0.29, 0.717) is 17.0 Å². The molecule has 3 heteroatoms. The molecule has 0 saturated heterocycles. The second kappa shape index (κ2) is 5.78. The van der Waals surface area contributed by atoms with Crippen molar-refractivity contribution in [1.82, 2.24) is 0 Å². The average molecular weight is 269 g/mol. The molecule has 104 valence electrons. The summed E-state index contributed by atoms with van der Waals surface area (Å²) in [4.78, 5) is 12.5. The van der Waals surface area contributed by atoms with Crippen LogP contribution in [0.1, 0.15) is 28.4 Å². The zero-order valence-corrected chi connectivity index (χ0v) is 12.0. The fourth-order valence-electron chi connectivity index (χ4n) is 2.07. The summed E-state index contributed by atoms with van der Waals surface area (Å²) in [6.45, 7) is 5.66. The van der Waals surface area contributed by atoms with E-state index in [2.05, 4.69) is 0 Å². The molecule has 0 bridgehead atoms. The average Bonchev–Trinajstić information content (AvgIpc) is 2.40. The molecule has 0 aliphatic carbocycles. The molecule has 1 atom stereocenters. The third kappa shape index (κ3) is 3.18. The normalized spacial score (nSPS) is 11.9. The van der Waals surface area contributed by atoms with Crippen molar-refractivity contribution < 1.29 is 9.53 Å². The number of Topliss-reactive ketones (excluding diaryl/α,β-unsaturated/α-hetero) is 1. The number of hydrogen-bond acceptors (Lipinski definition) is 3. The Labute approximate surface area is 119 Å².